The predicted molar refractivity (Wildman–Crippen MR) is 98.7 cm³/mol. The van der Waals surface area contributed by atoms with Crippen LogP contribution in [0.3, 0.4) is 0 Å². The average molecular weight is 346 g/mol. The molecule has 1 unspecified atom stereocenters. The second kappa shape index (κ2) is 7.71. The van der Waals surface area contributed by atoms with Crippen molar-refractivity contribution < 1.29 is 9.53 Å². The number of aryl methyl sites for hydroxylation is 3. The second-order valence-electron chi connectivity index (χ2n) is 6.31. The van der Waals surface area contributed by atoms with Crippen LogP contribution in [-0.2, 0) is 11.3 Å². The van der Waals surface area contributed by atoms with Crippen LogP contribution in [0.1, 0.15) is 29.2 Å². The fraction of sp³-hybridized carbons (Fsp3) is 0.350. The van der Waals surface area contributed by atoms with Crippen LogP contribution in [0, 0.1) is 20.8 Å². The largest absolute Gasteiger partial charge is 0.481 e. The van der Waals surface area contributed by atoms with Crippen molar-refractivity contribution in [2.45, 2.75) is 40.3 Å². The Morgan fingerprint density at radius 2 is 1.67 bits per heavy atom. The average Bonchev–Trinajstić information content (AvgIpc) is 2.53. The van der Waals surface area contributed by atoms with E-state index < -0.39 is 6.10 Å². The van der Waals surface area contributed by atoms with E-state index in [9.17, 15) is 4.79 Å². The van der Waals surface area contributed by atoms with Crippen molar-refractivity contribution in [3.8, 4) is 5.75 Å². The summed E-state index contributed by atoms with van der Waals surface area (Å²) in [5, 5.41) is 0.734. The number of rotatable bonds is 5. The maximum Gasteiger partial charge on any atom is 0.263 e. The summed E-state index contributed by atoms with van der Waals surface area (Å²) in [6, 6.07) is 11.9. The number of hydrogen-bond acceptors (Lipinski definition) is 2. The van der Waals surface area contributed by atoms with Crippen molar-refractivity contribution in [1.29, 1.82) is 0 Å². The zero-order valence-electron chi connectivity index (χ0n) is 14.9. The molecule has 128 valence electrons. The van der Waals surface area contributed by atoms with E-state index in [4.69, 9.17) is 16.3 Å². The Labute approximate surface area is 149 Å². The van der Waals surface area contributed by atoms with Gasteiger partial charge in [-0.25, -0.2) is 0 Å². The van der Waals surface area contributed by atoms with Gasteiger partial charge >= 0.3 is 0 Å². The lowest BCUT2D eigenvalue weighted by Gasteiger charge is -2.23. The van der Waals surface area contributed by atoms with Gasteiger partial charge in [0.2, 0.25) is 0 Å². The topological polar surface area (TPSA) is 29.5 Å². The van der Waals surface area contributed by atoms with Crippen LogP contribution < -0.4 is 4.74 Å². The van der Waals surface area contributed by atoms with E-state index in [1.165, 1.54) is 5.56 Å². The van der Waals surface area contributed by atoms with E-state index in [2.05, 4.69) is 0 Å². The molecule has 1 amide bonds. The maximum absolute atomic E-state index is 12.5. The lowest BCUT2D eigenvalue weighted by atomic mass is 10.1. The molecule has 0 fully saturated rings. The molecule has 0 saturated carbocycles. The summed E-state index contributed by atoms with van der Waals surface area (Å²) in [5.74, 6) is 0.611. The normalized spacial score (nSPS) is 11.9. The number of ether oxygens (including phenoxy) is 1. The third-order valence-corrected chi connectivity index (χ3v) is 4.58. The lowest BCUT2D eigenvalue weighted by Crippen LogP contribution is -2.37. The summed E-state index contributed by atoms with van der Waals surface area (Å²) >= 11 is 6.17. The van der Waals surface area contributed by atoms with Crippen LogP contribution in [0.5, 0.6) is 5.75 Å². The number of hydrogen-bond donors (Lipinski definition) is 0. The number of carbonyl (C=O) groups is 1. The van der Waals surface area contributed by atoms with Gasteiger partial charge in [0, 0.05) is 18.6 Å². The zero-order chi connectivity index (χ0) is 17.9. The van der Waals surface area contributed by atoms with Crippen LogP contribution in [0.25, 0.3) is 0 Å². The number of amides is 1. The van der Waals surface area contributed by atoms with Gasteiger partial charge in [-0.15, -0.1) is 0 Å². The first-order valence-corrected chi connectivity index (χ1v) is 8.39. The van der Waals surface area contributed by atoms with E-state index in [0.717, 1.165) is 21.7 Å². The van der Waals surface area contributed by atoms with Crippen LogP contribution in [-0.4, -0.2) is 24.0 Å². The Morgan fingerprint density at radius 3 is 2.21 bits per heavy atom. The number of nitrogens with zero attached hydrogens (tertiary/aromatic N) is 1. The van der Waals surface area contributed by atoms with Gasteiger partial charge in [0.1, 0.15) is 5.75 Å². The van der Waals surface area contributed by atoms with Gasteiger partial charge in [0.05, 0.1) is 0 Å². The predicted octanol–water partition coefficient (Wildman–Crippen LogP) is 4.69. The first kappa shape index (κ1) is 18.3. The van der Waals surface area contributed by atoms with E-state index in [1.54, 1.807) is 18.9 Å². The van der Waals surface area contributed by atoms with E-state index in [-0.39, 0.29) is 5.91 Å². The van der Waals surface area contributed by atoms with Crippen molar-refractivity contribution in [2.75, 3.05) is 7.05 Å². The fourth-order valence-electron chi connectivity index (χ4n) is 2.58. The van der Waals surface area contributed by atoms with Crippen LogP contribution in [0.4, 0.5) is 0 Å². The molecule has 2 rings (SSSR count). The van der Waals surface area contributed by atoms with Crippen molar-refractivity contribution in [3.63, 3.8) is 0 Å². The first-order valence-electron chi connectivity index (χ1n) is 8.02. The van der Waals surface area contributed by atoms with E-state index in [1.807, 2.05) is 57.2 Å². The zero-order valence-corrected chi connectivity index (χ0v) is 15.6. The van der Waals surface area contributed by atoms with Crippen molar-refractivity contribution in [2.24, 2.45) is 0 Å². The molecule has 0 heterocycles. The lowest BCUT2D eigenvalue weighted by molar-refractivity contribution is -0.137. The molecule has 4 heteroatoms. The molecule has 0 saturated heterocycles. The SMILES string of the molecule is Cc1ccc(CN(C)C(=O)C(C)Oc2cc(C)c(Cl)c(C)c2)cc1. The highest BCUT2D eigenvalue weighted by Crippen LogP contribution is 2.26. The van der Waals surface area contributed by atoms with Crippen LogP contribution in [0.15, 0.2) is 36.4 Å². The molecule has 0 spiro atoms. The highest BCUT2D eigenvalue weighted by molar-refractivity contribution is 6.32. The molecule has 0 aromatic heterocycles. The molecule has 0 aliphatic heterocycles. The molecule has 2 aromatic carbocycles. The molecule has 0 radical (unpaired) electrons. The molecule has 0 bridgehead atoms. The number of benzene rings is 2. The van der Waals surface area contributed by atoms with Crippen LogP contribution in [0.2, 0.25) is 5.02 Å². The Kier molecular flexibility index (Phi) is 5.89. The molecule has 1 atom stereocenters. The van der Waals surface area contributed by atoms with Crippen molar-refractivity contribution >= 4 is 17.5 Å². The molecular formula is C20H24ClNO2. The minimum atomic E-state index is -0.555. The maximum atomic E-state index is 12.5. The molecule has 0 N–H and O–H groups in total. The monoisotopic (exact) mass is 345 g/mol. The fourth-order valence-corrected chi connectivity index (χ4v) is 2.69. The van der Waals surface area contributed by atoms with Gasteiger partial charge in [-0.2, -0.15) is 0 Å². The van der Waals surface area contributed by atoms with Gasteiger partial charge in [-0.1, -0.05) is 41.4 Å². The number of halogens is 1. The van der Waals surface area contributed by atoms with Gasteiger partial charge in [0.15, 0.2) is 6.10 Å². The smallest absolute Gasteiger partial charge is 0.263 e. The Hall–Kier alpha value is -2.00. The quantitative estimate of drug-likeness (QED) is 0.786. The molecule has 3 nitrogen and oxygen atoms in total. The van der Waals surface area contributed by atoms with E-state index >= 15 is 0 Å². The number of likely N-dealkylation sites (N-methyl/N-ethyl adjacent to an activating group) is 1. The van der Waals surface area contributed by atoms with Crippen molar-refractivity contribution in [3.05, 3.63) is 63.7 Å². The Bertz CT molecular complexity index is 702. The summed E-state index contributed by atoms with van der Waals surface area (Å²) in [5.41, 5.74) is 4.19. The van der Waals surface area contributed by atoms with Crippen molar-refractivity contribution in [1.82, 2.24) is 4.90 Å². The summed E-state index contributed by atoms with van der Waals surface area (Å²) in [7, 11) is 1.79. The van der Waals surface area contributed by atoms with Crippen LogP contribution >= 0.6 is 11.6 Å². The third kappa shape index (κ3) is 4.51. The minimum absolute atomic E-state index is 0.0548. The van der Waals surface area contributed by atoms with E-state index in [0.29, 0.717) is 12.3 Å². The Balaban J connectivity index is 2.02. The van der Waals surface area contributed by atoms with Gasteiger partial charge in [-0.3, -0.25) is 4.79 Å². The summed E-state index contributed by atoms with van der Waals surface area (Å²) in [4.78, 5) is 14.2. The molecule has 24 heavy (non-hydrogen) atoms. The summed E-state index contributed by atoms with van der Waals surface area (Å²) in [6.45, 7) is 8.24. The standard InChI is InChI=1S/C20H24ClNO2/c1-13-6-8-17(9-7-13)12-22(5)20(23)16(4)24-18-10-14(2)19(21)15(3)11-18/h6-11,16H,12H2,1-5H3. The summed E-state index contributed by atoms with van der Waals surface area (Å²) in [6.07, 6.45) is -0.555. The first-order chi connectivity index (χ1) is 11.3. The summed E-state index contributed by atoms with van der Waals surface area (Å²) < 4.78 is 5.82. The van der Waals surface area contributed by atoms with Gasteiger partial charge in [0.25, 0.3) is 5.91 Å². The highest BCUT2D eigenvalue weighted by atomic mass is 35.5. The van der Waals surface area contributed by atoms with Gasteiger partial charge < -0.3 is 9.64 Å². The third-order valence-electron chi connectivity index (χ3n) is 3.99. The second-order valence-corrected chi connectivity index (χ2v) is 6.69. The molecule has 2 aromatic rings. The molecule has 0 aliphatic rings. The Morgan fingerprint density at radius 1 is 1.12 bits per heavy atom. The highest BCUT2D eigenvalue weighted by Gasteiger charge is 2.20. The number of carbonyl (C=O) groups excluding carboxylic acids is 1. The molecule has 0 aliphatic carbocycles. The molecular weight excluding hydrogens is 322 g/mol. The minimum Gasteiger partial charge on any atom is -0.481 e. The van der Waals surface area contributed by atoms with Gasteiger partial charge in [-0.05, 0) is 56.5 Å².